The molecule has 0 spiro atoms. The first-order valence-electron chi connectivity index (χ1n) is 6.52. The van der Waals surface area contributed by atoms with Crippen molar-refractivity contribution in [2.24, 2.45) is 5.92 Å². The first-order chi connectivity index (χ1) is 9.38. The van der Waals surface area contributed by atoms with Gasteiger partial charge in [-0.1, -0.05) is 6.07 Å². The largest absolute Gasteiger partial charge is 0.595 e. The summed E-state index contributed by atoms with van der Waals surface area (Å²) < 4.78 is 39.1. The summed E-state index contributed by atoms with van der Waals surface area (Å²) in [4.78, 5) is 0. The molecule has 1 unspecified atom stereocenters. The van der Waals surface area contributed by atoms with E-state index >= 15 is 0 Å². The standard InChI is InChI=1S/C13H17F3N2O2/c14-13(15,16)12-8-11(18(19)20)2-1-10(12)7-9-3-5-17-6-4-9/h1-2,8-9,17-19H,3-7H2. The lowest BCUT2D eigenvalue weighted by molar-refractivity contribution is -0.991. The first kappa shape index (κ1) is 15.2. The molecule has 7 heteroatoms. The number of rotatable bonds is 3. The molecule has 1 heterocycles. The fourth-order valence-electron chi connectivity index (χ4n) is 2.55. The van der Waals surface area contributed by atoms with Gasteiger partial charge in [-0.05, 0) is 43.8 Å². The lowest BCUT2D eigenvalue weighted by Gasteiger charge is -2.24. The zero-order valence-electron chi connectivity index (χ0n) is 10.8. The quantitative estimate of drug-likeness (QED) is 0.742. The van der Waals surface area contributed by atoms with Crippen LogP contribution in [0.15, 0.2) is 18.2 Å². The Kier molecular flexibility index (Phi) is 4.64. The number of nitrogens with one attached hydrogen (secondary N) is 2. The van der Waals surface area contributed by atoms with Gasteiger partial charge in [-0.2, -0.15) is 18.4 Å². The van der Waals surface area contributed by atoms with Crippen molar-refractivity contribution in [3.05, 3.63) is 34.5 Å². The minimum absolute atomic E-state index is 0.189. The second-order valence-corrected chi connectivity index (χ2v) is 5.07. The average Bonchev–Trinajstić information content (AvgIpc) is 2.39. The molecule has 1 aliphatic rings. The normalized spacial score (nSPS) is 19.1. The van der Waals surface area contributed by atoms with Crippen LogP contribution in [0, 0.1) is 11.1 Å². The number of quaternary nitrogens is 1. The maximum Gasteiger partial charge on any atom is 0.416 e. The van der Waals surface area contributed by atoms with Gasteiger partial charge in [0.25, 0.3) is 0 Å². The third-order valence-corrected chi connectivity index (χ3v) is 3.63. The molecule has 1 aliphatic heterocycles. The molecule has 4 nitrogen and oxygen atoms in total. The minimum Gasteiger partial charge on any atom is -0.595 e. The van der Waals surface area contributed by atoms with E-state index in [2.05, 4.69) is 5.32 Å². The lowest BCUT2D eigenvalue weighted by Crippen LogP contribution is -2.99. The summed E-state index contributed by atoms with van der Waals surface area (Å²) >= 11 is 0. The maximum absolute atomic E-state index is 13.0. The highest BCUT2D eigenvalue weighted by Crippen LogP contribution is 2.35. The Morgan fingerprint density at radius 3 is 2.50 bits per heavy atom. The van der Waals surface area contributed by atoms with Crippen LogP contribution in [0.3, 0.4) is 0 Å². The number of hydrogen-bond acceptors (Lipinski definition) is 3. The summed E-state index contributed by atoms with van der Waals surface area (Å²) in [5.74, 6) is 0.216. The summed E-state index contributed by atoms with van der Waals surface area (Å²) in [6.07, 6.45) is -2.49. The van der Waals surface area contributed by atoms with Crippen LogP contribution in [0.4, 0.5) is 18.9 Å². The summed E-state index contributed by atoms with van der Waals surface area (Å²) in [5, 5.41) is 21.4. The summed E-state index contributed by atoms with van der Waals surface area (Å²) in [6, 6.07) is 3.28. The van der Waals surface area contributed by atoms with Crippen LogP contribution in [-0.4, -0.2) is 18.3 Å². The number of alkyl halides is 3. The Labute approximate surface area is 114 Å². The molecule has 0 saturated carbocycles. The monoisotopic (exact) mass is 290 g/mol. The fourth-order valence-corrected chi connectivity index (χ4v) is 2.55. The number of benzene rings is 1. The van der Waals surface area contributed by atoms with Crippen molar-refractivity contribution in [2.45, 2.75) is 25.4 Å². The molecule has 0 amide bonds. The van der Waals surface area contributed by atoms with Gasteiger partial charge in [-0.15, -0.1) is 0 Å². The zero-order valence-corrected chi connectivity index (χ0v) is 10.8. The van der Waals surface area contributed by atoms with Crippen LogP contribution in [0.1, 0.15) is 24.0 Å². The second kappa shape index (κ2) is 6.09. The highest BCUT2D eigenvalue weighted by atomic mass is 19.4. The highest BCUT2D eigenvalue weighted by Gasteiger charge is 2.35. The molecule has 3 N–H and O–H groups in total. The third kappa shape index (κ3) is 3.69. The third-order valence-electron chi connectivity index (χ3n) is 3.63. The van der Waals surface area contributed by atoms with E-state index in [1.807, 2.05) is 0 Å². The van der Waals surface area contributed by atoms with Crippen LogP contribution in [0.25, 0.3) is 0 Å². The Hall–Kier alpha value is -1.15. The molecule has 1 aromatic rings. The van der Waals surface area contributed by atoms with Crippen molar-refractivity contribution in [2.75, 3.05) is 13.1 Å². The molecule has 0 aromatic heterocycles. The van der Waals surface area contributed by atoms with Gasteiger partial charge in [-0.25, -0.2) is 5.21 Å². The van der Waals surface area contributed by atoms with Gasteiger partial charge >= 0.3 is 6.18 Å². The van der Waals surface area contributed by atoms with E-state index in [1.54, 1.807) is 0 Å². The highest BCUT2D eigenvalue weighted by molar-refractivity contribution is 5.41. The molecule has 1 saturated heterocycles. The van der Waals surface area contributed by atoms with Gasteiger partial charge in [0.05, 0.1) is 5.56 Å². The summed E-state index contributed by atoms with van der Waals surface area (Å²) in [7, 11) is 0. The van der Waals surface area contributed by atoms with E-state index in [0.717, 1.165) is 32.0 Å². The van der Waals surface area contributed by atoms with E-state index in [4.69, 9.17) is 5.21 Å². The zero-order chi connectivity index (χ0) is 14.8. The maximum atomic E-state index is 13.0. The molecule has 0 bridgehead atoms. The van der Waals surface area contributed by atoms with E-state index in [1.165, 1.54) is 12.1 Å². The average molecular weight is 290 g/mol. The summed E-state index contributed by atoms with van der Waals surface area (Å²) in [6.45, 7) is 1.64. The van der Waals surface area contributed by atoms with Gasteiger partial charge in [0.1, 0.15) is 0 Å². The predicted molar refractivity (Wildman–Crippen MR) is 66.5 cm³/mol. The molecule has 0 radical (unpaired) electrons. The minimum atomic E-state index is -4.52. The molecule has 1 fully saturated rings. The lowest BCUT2D eigenvalue weighted by atomic mass is 9.89. The topological polar surface area (TPSA) is 59.8 Å². The van der Waals surface area contributed by atoms with E-state index in [-0.39, 0.29) is 17.2 Å². The Morgan fingerprint density at radius 1 is 1.30 bits per heavy atom. The number of hydrogen-bond donors (Lipinski definition) is 3. The van der Waals surface area contributed by atoms with Crippen LogP contribution >= 0.6 is 0 Å². The van der Waals surface area contributed by atoms with Crippen molar-refractivity contribution >= 4 is 5.69 Å². The van der Waals surface area contributed by atoms with Crippen molar-refractivity contribution in [3.63, 3.8) is 0 Å². The van der Waals surface area contributed by atoms with Gasteiger partial charge in [0.15, 0.2) is 5.69 Å². The van der Waals surface area contributed by atoms with Crippen LogP contribution in [0.2, 0.25) is 0 Å². The molecule has 112 valence electrons. The summed E-state index contributed by atoms with van der Waals surface area (Å²) in [5.41, 5.74) is -0.961. The first-order valence-corrected chi connectivity index (χ1v) is 6.52. The molecule has 20 heavy (non-hydrogen) atoms. The Bertz CT molecular complexity index is 457. The van der Waals surface area contributed by atoms with Crippen molar-refractivity contribution < 1.29 is 23.6 Å². The number of piperidine rings is 1. The van der Waals surface area contributed by atoms with Crippen molar-refractivity contribution in [1.82, 2.24) is 5.32 Å². The van der Waals surface area contributed by atoms with Gasteiger partial charge < -0.3 is 10.5 Å². The molecule has 1 atom stereocenters. The number of halogens is 3. The SMILES string of the molecule is [O-][NH+](O)c1ccc(CC2CCNCC2)c(C(F)(F)F)c1. The van der Waals surface area contributed by atoms with Crippen LogP contribution < -0.4 is 10.5 Å². The molecule has 2 rings (SSSR count). The molecular formula is C13H17F3N2O2. The smallest absolute Gasteiger partial charge is 0.416 e. The van der Waals surface area contributed by atoms with E-state index in [0.29, 0.717) is 6.42 Å². The Morgan fingerprint density at radius 2 is 1.95 bits per heavy atom. The Balaban J connectivity index is 2.26. The van der Waals surface area contributed by atoms with Crippen molar-refractivity contribution in [1.29, 1.82) is 0 Å². The molecule has 1 aromatic carbocycles. The van der Waals surface area contributed by atoms with Gasteiger partial charge in [-0.3, -0.25) is 0 Å². The van der Waals surface area contributed by atoms with E-state index < -0.39 is 17.0 Å². The second-order valence-electron chi connectivity index (χ2n) is 5.07. The fraction of sp³-hybridized carbons (Fsp3) is 0.538. The van der Waals surface area contributed by atoms with Crippen molar-refractivity contribution in [3.8, 4) is 0 Å². The molecular weight excluding hydrogens is 273 g/mol. The van der Waals surface area contributed by atoms with Gasteiger partial charge in [0.2, 0.25) is 0 Å². The predicted octanol–water partition coefficient (Wildman–Crippen LogP) is 1.65. The molecule has 0 aliphatic carbocycles. The van der Waals surface area contributed by atoms with E-state index in [9.17, 15) is 18.4 Å². The van der Waals surface area contributed by atoms with Gasteiger partial charge in [0, 0.05) is 12.1 Å². The van der Waals surface area contributed by atoms with Crippen LogP contribution in [-0.2, 0) is 12.6 Å². The van der Waals surface area contributed by atoms with Crippen LogP contribution in [0.5, 0.6) is 0 Å².